The second kappa shape index (κ2) is 6.03. The zero-order valence-electron chi connectivity index (χ0n) is 10.4. The second-order valence-electron chi connectivity index (χ2n) is 4.58. The van der Waals surface area contributed by atoms with Crippen molar-refractivity contribution >= 4 is 17.2 Å². The topological polar surface area (TPSA) is 49.3 Å². The molecule has 1 fully saturated rings. The van der Waals surface area contributed by atoms with Crippen molar-refractivity contribution in [1.82, 2.24) is 5.32 Å². The molecule has 2 rings (SSSR count). The number of carbonyl (C=O) groups is 1. The van der Waals surface area contributed by atoms with Gasteiger partial charge in [-0.3, -0.25) is 4.79 Å². The van der Waals surface area contributed by atoms with Gasteiger partial charge in [0.1, 0.15) is 0 Å². The van der Waals surface area contributed by atoms with Gasteiger partial charge in [0.15, 0.2) is 0 Å². The number of hydrogen-bond donors (Lipinski definition) is 2. The van der Waals surface area contributed by atoms with E-state index >= 15 is 0 Å². The van der Waals surface area contributed by atoms with Gasteiger partial charge in [-0.1, -0.05) is 18.8 Å². The Morgan fingerprint density at radius 1 is 1.61 bits per heavy atom. The first-order valence-corrected chi connectivity index (χ1v) is 6.98. The van der Waals surface area contributed by atoms with E-state index < -0.39 is 0 Å². The molecule has 0 spiro atoms. The molecule has 0 aliphatic heterocycles. The molecule has 1 saturated carbocycles. The number of amides is 1. The fourth-order valence-corrected chi connectivity index (χ4v) is 2.56. The normalized spacial score (nSPS) is 21.0. The third-order valence-corrected chi connectivity index (χ3v) is 3.99. The van der Waals surface area contributed by atoms with Crippen LogP contribution >= 0.6 is 11.3 Å². The summed E-state index contributed by atoms with van der Waals surface area (Å²) in [6.45, 7) is 2.79. The Labute approximate surface area is 111 Å². The highest BCUT2D eigenvalue weighted by atomic mass is 32.1. The van der Waals surface area contributed by atoms with Gasteiger partial charge in [-0.2, -0.15) is 0 Å². The largest absolute Gasteiger partial charge is 0.395 e. The summed E-state index contributed by atoms with van der Waals surface area (Å²) in [5.41, 5.74) is 0. The van der Waals surface area contributed by atoms with Crippen LogP contribution in [0.5, 0.6) is 0 Å². The minimum Gasteiger partial charge on any atom is -0.395 e. The molecule has 4 heteroatoms. The zero-order valence-corrected chi connectivity index (χ0v) is 11.2. The van der Waals surface area contributed by atoms with E-state index in [-0.39, 0.29) is 18.4 Å². The maximum absolute atomic E-state index is 11.6. The standard InChI is InChI=1S/C14H17NO2S/c1-10-8-13(10)14(17)15-9-12-6-5-11(18-12)4-2-3-7-16/h5-6,10,13,16H,3,7-9H2,1H3,(H,15,17). The van der Waals surface area contributed by atoms with E-state index in [2.05, 4.69) is 24.1 Å². The molecular formula is C14H17NO2S. The van der Waals surface area contributed by atoms with Crippen LogP contribution in [0.2, 0.25) is 0 Å². The number of carbonyl (C=O) groups excluding carboxylic acids is 1. The lowest BCUT2D eigenvalue weighted by Crippen LogP contribution is -2.24. The van der Waals surface area contributed by atoms with Crippen molar-refractivity contribution in [3.05, 3.63) is 21.9 Å². The Bertz CT molecular complexity index is 483. The Morgan fingerprint density at radius 2 is 2.39 bits per heavy atom. The molecule has 1 heterocycles. The Balaban J connectivity index is 1.80. The Hall–Kier alpha value is -1.31. The molecule has 96 valence electrons. The van der Waals surface area contributed by atoms with Gasteiger partial charge in [0, 0.05) is 17.2 Å². The maximum Gasteiger partial charge on any atom is 0.223 e. The van der Waals surface area contributed by atoms with E-state index in [4.69, 9.17) is 5.11 Å². The Morgan fingerprint density at radius 3 is 3.06 bits per heavy atom. The van der Waals surface area contributed by atoms with Crippen LogP contribution in [0.25, 0.3) is 0 Å². The maximum atomic E-state index is 11.6. The van der Waals surface area contributed by atoms with E-state index in [9.17, 15) is 4.79 Å². The Kier molecular flexibility index (Phi) is 4.40. The number of rotatable bonds is 4. The molecule has 0 radical (unpaired) electrons. The SMILES string of the molecule is CC1CC1C(=O)NCc1ccc(C#CCCO)s1. The number of thiophene rings is 1. The summed E-state index contributed by atoms with van der Waals surface area (Å²) in [6.07, 6.45) is 1.53. The lowest BCUT2D eigenvalue weighted by molar-refractivity contribution is -0.122. The van der Waals surface area contributed by atoms with Crippen LogP contribution in [-0.4, -0.2) is 17.6 Å². The van der Waals surface area contributed by atoms with Crippen molar-refractivity contribution in [1.29, 1.82) is 0 Å². The number of nitrogens with one attached hydrogen (secondary N) is 1. The lowest BCUT2D eigenvalue weighted by atomic mass is 10.3. The van der Waals surface area contributed by atoms with Crippen LogP contribution in [0.1, 0.15) is 29.5 Å². The van der Waals surface area contributed by atoms with Crippen molar-refractivity contribution < 1.29 is 9.90 Å². The lowest BCUT2D eigenvalue weighted by Gasteiger charge is -2.01. The molecule has 1 aliphatic carbocycles. The summed E-state index contributed by atoms with van der Waals surface area (Å²) in [7, 11) is 0. The minimum absolute atomic E-state index is 0.0981. The molecule has 18 heavy (non-hydrogen) atoms. The van der Waals surface area contributed by atoms with Crippen LogP contribution in [-0.2, 0) is 11.3 Å². The molecular weight excluding hydrogens is 246 g/mol. The van der Waals surface area contributed by atoms with Crippen molar-refractivity contribution in [3.8, 4) is 11.8 Å². The van der Waals surface area contributed by atoms with E-state index in [0.717, 1.165) is 16.2 Å². The third kappa shape index (κ3) is 3.59. The highest BCUT2D eigenvalue weighted by molar-refractivity contribution is 7.12. The monoisotopic (exact) mass is 263 g/mol. The molecule has 0 saturated heterocycles. The third-order valence-electron chi connectivity index (χ3n) is 2.99. The van der Waals surface area contributed by atoms with Crippen LogP contribution < -0.4 is 5.32 Å². The molecule has 2 atom stereocenters. The molecule has 2 N–H and O–H groups in total. The van der Waals surface area contributed by atoms with Crippen LogP contribution in [0.15, 0.2) is 12.1 Å². The van der Waals surface area contributed by atoms with Gasteiger partial charge in [0.05, 0.1) is 18.0 Å². The van der Waals surface area contributed by atoms with Crippen LogP contribution in [0.4, 0.5) is 0 Å². The molecule has 2 unspecified atom stereocenters. The van der Waals surface area contributed by atoms with Gasteiger partial charge in [0.2, 0.25) is 5.91 Å². The fraction of sp³-hybridized carbons (Fsp3) is 0.500. The predicted molar refractivity (Wildman–Crippen MR) is 72.0 cm³/mol. The summed E-state index contributed by atoms with van der Waals surface area (Å²) in [5, 5.41) is 11.6. The quantitative estimate of drug-likeness (QED) is 0.813. The number of hydrogen-bond acceptors (Lipinski definition) is 3. The predicted octanol–water partition coefficient (Wildman–Crippen LogP) is 1.75. The molecule has 3 nitrogen and oxygen atoms in total. The summed E-state index contributed by atoms with van der Waals surface area (Å²) in [6, 6.07) is 3.94. The first kappa shape index (κ1) is 13.1. The molecule has 1 aliphatic rings. The first-order chi connectivity index (χ1) is 8.70. The van der Waals surface area contributed by atoms with Crippen LogP contribution in [0, 0.1) is 23.7 Å². The highest BCUT2D eigenvalue weighted by Crippen LogP contribution is 2.37. The van der Waals surface area contributed by atoms with Gasteiger partial charge in [-0.25, -0.2) is 0 Å². The van der Waals surface area contributed by atoms with Crippen LogP contribution in [0.3, 0.4) is 0 Å². The highest BCUT2D eigenvalue weighted by Gasteiger charge is 2.38. The zero-order chi connectivity index (χ0) is 13.0. The van der Waals surface area contributed by atoms with Gasteiger partial charge in [-0.05, 0) is 24.5 Å². The van der Waals surface area contributed by atoms with Crippen molar-refractivity contribution in [2.45, 2.75) is 26.3 Å². The fourth-order valence-electron chi connectivity index (χ4n) is 1.74. The molecule has 1 aromatic heterocycles. The van der Waals surface area contributed by atoms with Gasteiger partial charge < -0.3 is 10.4 Å². The molecule has 1 amide bonds. The molecule has 0 bridgehead atoms. The summed E-state index contributed by atoms with van der Waals surface area (Å²) < 4.78 is 0. The van der Waals surface area contributed by atoms with E-state index in [1.54, 1.807) is 11.3 Å². The summed E-state index contributed by atoms with van der Waals surface area (Å²) >= 11 is 1.59. The average Bonchev–Trinajstić information content (AvgIpc) is 2.91. The number of aliphatic hydroxyl groups is 1. The van der Waals surface area contributed by atoms with E-state index in [1.165, 1.54) is 0 Å². The second-order valence-corrected chi connectivity index (χ2v) is 5.75. The van der Waals surface area contributed by atoms with Crippen molar-refractivity contribution in [2.24, 2.45) is 11.8 Å². The van der Waals surface area contributed by atoms with Crippen molar-refractivity contribution in [2.75, 3.05) is 6.61 Å². The average molecular weight is 263 g/mol. The van der Waals surface area contributed by atoms with Gasteiger partial charge in [0.25, 0.3) is 0 Å². The summed E-state index contributed by atoms with van der Waals surface area (Å²) in [5.74, 6) is 6.83. The molecule has 1 aromatic rings. The minimum atomic E-state index is 0.0981. The smallest absolute Gasteiger partial charge is 0.223 e. The number of aliphatic hydroxyl groups excluding tert-OH is 1. The van der Waals surface area contributed by atoms with Gasteiger partial charge in [-0.15, -0.1) is 11.3 Å². The van der Waals surface area contributed by atoms with E-state index in [0.29, 0.717) is 18.9 Å². The first-order valence-electron chi connectivity index (χ1n) is 6.17. The van der Waals surface area contributed by atoms with Gasteiger partial charge >= 0.3 is 0 Å². The van der Waals surface area contributed by atoms with E-state index in [1.807, 2.05) is 12.1 Å². The van der Waals surface area contributed by atoms with Crippen molar-refractivity contribution in [3.63, 3.8) is 0 Å². The molecule has 0 aromatic carbocycles. The summed E-state index contributed by atoms with van der Waals surface area (Å²) in [4.78, 5) is 13.7.